The molecule has 21 heavy (non-hydrogen) atoms. The van der Waals surface area contributed by atoms with Crippen molar-refractivity contribution in [3.8, 4) is 0 Å². The maximum absolute atomic E-state index is 12.3. The van der Waals surface area contributed by atoms with Gasteiger partial charge < -0.3 is 5.11 Å². The minimum atomic E-state index is -4.46. The predicted molar refractivity (Wildman–Crippen MR) is 74.3 cm³/mol. The number of thioether (sulfide) groups is 1. The highest BCUT2D eigenvalue weighted by Crippen LogP contribution is 2.38. The van der Waals surface area contributed by atoms with Crippen LogP contribution in [0.2, 0.25) is 0 Å². The van der Waals surface area contributed by atoms with E-state index in [2.05, 4.69) is 0 Å². The van der Waals surface area contributed by atoms with E-state index in [4.69, 9.17) is 16.7 Å². The summed E-state index contributed by atoms with van der Waals surface area (Å²) in [6.07, 6.45) is 1.88. The molecule has 1 atom stereocenters. The van der Waals surface area contributed by atoms with Crippen molar-refractivity contribution in [1.82, 2.24) is 0 Å². The lowest BCUT2D eigenvalue weighted by Gasteiger charge is -2.12. The molecule has 0 aliphatic rings. The largest absolute Gasteiger partial charge is 0.478 e. The van der Waals surface area contributed by atoms with Gasteiger partial charge in [0.1, 0.15) is 5.38 Å². The average molecular weight is 339 g/mol. The Kier molecular flexibility index (Phi) is 5.86. The van der Waals surface area contributed by atoms with Crippen molar-refractivity contribution < 1.29 is 27.9 Å². The first-order valence-corrected chi connectivity index (χ1v) is 6.80. The van der Waals surface area contributed by atoms with Crippen molar-refractivity contribution in [2.24, 2.45) is 0 Å². The first-order valence-electron chi connectivity index (χ1n) is 5.55. The quantitative estimate of drug-likeness (QED) is 0.495. The van der Waals surface area contributed by atoms with Gasteiger partial charge in [-0.05, 0) is 48.0 Å². The number of halogens is 4. The molecule has 0 radical (unpaired) electrons. The number of carboxylic acids is 1. The Labute approximate surface area is 127 Å². The van der Waals surface area contributed by atoms with E-state index >= 15 is 0 Å². The summed E-state index contributed by atoms with van der Waals surface area (Å²) in [4.78, 5) is 21.7. The summed E-state index contributed by atoms with van der Waals surface area (Å²) in [6.45, 7) is 1.24. The highest BCUT2D eigenvalue weighted by Gasteiger charge is 2.29. The normalized spacial score (nSPS) is 13.4. The molecule has 0 saturated heterocycles. The molecule has 114 valence electrons. The molecule has 0 spiro atoms. The Morgan fingerprint density at radius 2 is 2.00 bits per heavy atom. The second-order valence-corrected chi connectivity index (χ2v) is 5.56. The molecule has 0 bridgehead atoms. The molecule has 1 N–H and O–H groups in total. The minimum Gasteiger partial charge on any atom is -0.478 e. The van der Waals surface area contributed by atoms with Crippen LogP contribution in [0.1, 0.15) is 23.4 Å². The lowest BCUT2D eigenvalue weighted by Crippen LogP contribution is -2.05. The van der Waals surface area contributed by atoms with Gasteiger partial charge >= 0.3 is 11.5 Å². The van der Waals surface area contributed by atoms with E-state index in [1.165, 1.54) is 19.1 Å². The third-order valence-electron chi connectivity index (χ3n) is 2.33. The summed E-state index contributed by atoms with van der Waals surface area (Å²) >= 11 is 5.56. The lowest BCUT2D eigenvalue weighted by molar-refractivity contribution is -0.131. The lowest BCUT2D eigenvalue weighted by atomic mass is 10.0. The summed E-state index contributed by atoms with van der Waals surface area (Å²) in [5.41, 5.74) is -4.05. The number of carboxylic acid groups (broad SMARTS) is 1. The van der Waals surface area contributed by atoms with Gasteiger partial charge in [0.2, 0.25) is 0 Å². The Bertz CT molecular complexity index is 585. The van der Waals surface area contributed by atoms with Crippen LogP contribution in [-0.2, 0) is 9.59 Å². The third kappa shape index (κ3) is 5.81. The molecular formula is C13H10ClF3O3S. The van der Waals surface area contributed by atoms with Gasteiger partial charge in [-0.25, -0.2) is 4.79 Å². The standard InChI is InChI=1S/C13H10ClF3O3S/c1-7(18)12(14)10-4-3-9(21-13(15,16)17)6-8(10)2-5-11(19)20/h2-6,12H,1H3,(H,19,20). The topological polar surface area (TPSA) is 54.4 Å². The fraction of sp³-hybridized carbons (Fsp3) is 0.231. The fourth-order valence-corrected chi connectivity index (χ4v) is 2.29. The first kappa shape index (κ1) is 17.6. The molecule has 1 aromatic rings. The number of ketones is 1. The maximum atomic E-state index is 12.3. The van der Waals surface area contributed by atoms with Gasteiger partial charge in [-0.2, -0.15) is 13.2 Å². The summed E-state index contributed by atoms with van der Waals surface area (Å²) < 4.78 is 37.0. The van der Waals surface area contributed by atoms with Crippen molar-refractivity contribution in [1.29, 1.82) is 0 Å². The van der Waals surface area contributed by atoms with Crippen molar-refractivity contribution >= 4 is 41.2 Å². The van der Waals surface area contributed by atoms with E-state index in [1.54, 1.807) is 0 Å². The van der Waals surface area contributed by atoms with E-state index in [0.29, 0.717) is 0 Å². The van der Waals surface area contributed by atoms with Gasteiger partial charge in [0.25, 0.3) is 0 Å². The molecule has 1 rings (SSSR count). The number of carbonyl (C=O) groups excluding carboxylic acids is 1. The number of benzene rings is 1. The van der Waals surface area contributed by atoms with Crippen LogP contribution in [0.4, 0.5) is 13.2 Å². The zero-order valence-electron chi connectivity index (χ0n) is 10.6. The number of carbonyl (C=O) groups is 2. The van der Waals surface area contributed by atoms with Crippen LogP contribution in [0.3, 0.4) is 0 Å². The van der Waals surface area contributed by atoms with E-state index in [9.17, 15) is 22.8 Å². The number of hydrogen-bond acceptors (Lipinski definition) is 3. The first-order chi connectivity index (χ1) is 9.60. The Balaban J connectivity index is 3.26. The van der Waals surface area contributed by atoms with Gasteiger partial charge in [-0.15, -0.1) is 11.6 Å². The Morgan fingerprint density at radius 1 is 1.38 bits per heavy atom. The van der Waals surface area contributed by atoms with Gasteiger partial charge in [-0.1, -0.05) is 6.07 Å². The second-order valence-electron chi connectivity index (χ2n) is 3.98. The summed E-state index contributed by atoms with van der Waals surface area (Å²) in [7, 11) is 0. The SMILES string of the molecule is CC(=O)C(Cl)c1ccc(SC(F)(F)F)cc1C=CC(=O)O. The molecular weight excluding hydrogens is 329 g/mol. The molecule has 0 aliphatic carbocycles. The van der Waals surface area contributed by atoms with Crippen LogP contribution in [0.5, 0.6) is 0 Å². The molecule has 0 heterocycles. The molecule has 1 aromatic carbocycles. The third-order valence-corrected chi connectivity index (χ3v) is 3.59. The number of alkyl halides is 4. The fourth-order valence-electron chi connectivity index (χ4n) is 1.51. The Morgan fingerprint density at radius 3 is 2.48 bits per heavy atom. The molecule has 0 amide bonds. The van der Waals surface area contributed by atoms with Crippen LogP contribution in [0, 0.1) is 0 Å². The van der Waals surface area contributed by atoms with Gasteiger partial charge in [0.05, 0.1) is 0 Å². The molecule has 1 unspecified atom stereocenters. The molecule has 0 fully saturated rings. The van der Waals surface area contributed by atoms with Crippen LogP contribution in [0.25, 0.3) is 6.08 Å². The summed E-state index contributed by atoms with van der Waals surface area (Å²) in [5.74, 6) is -1.65. The van der Waals surface area contributed by atoms with Crippen molar-refractivity contribution in [3.05, 3.63) is 35.4 Å². The summed E-state index contributed by atoms with van der Waals surface area (Å²) in [5, 5.41) is 7.54. The zero-order chi connectivity index (χ0) is 16.2. The van der Waals surface area contributed by atoms with Gasteiger partial charge in [-0.3, -0.25) is 4.79 Å². The van der Waals surface area contributed by atoms with Crippen LogP contribution >= 0.6 is 23.4 Å². The van der Waals surface area contributed by atoms with Crippen LogP contribution < -0.4 is 0 Å². The van der Waals surface area contributed by atoms with Crippen molar-refractivity contribution in [2.45, 2.75) is 22.7 Å². The van der Waals surface area contributed by atoms with Crippen LogP contribution in [-0.4, -0.2) is 22.4 Å². The molecule has 0 aromatic heterocycles. The zero-order valence-corrected chi connectivity index (χ0v) is 12.2. The highest BCUT2D eigenvalue weighted by molar-refractivity contribution is 8.00. The Hall–Kier alpha value is -1.47. The molecule has 8 heteroatoms. The highest BCUT2D eigenvalue weighted by atomic mass is 35.5. The van der Waals surface area contributed by atoms with Crippen molar-refractivity contribution in [3.63, 3.8) is 0 Å². The van der Waals surface area contributed by atoms with E-state index in [1.807, 2.05) is 0 Å². The smallest absolute Gasteiger partial charge is 0.446 e. The monoisotopic (exact) mass is 338 g/mol. The second kappa shape index (κ2) is 7.00. The van der Waals surface area contributed by atoms with Gasteiger partial charge in [0, 0.05) is 11.0 Å². The number of aliphatic carboxylic acids is 1. The van der Waals surface area contributed by atoms with E-state index in [0.717, 1.165) is 18.2 Å². The number of rotatable bonds is 5. The minimum absolute atomic E-state index is 0.122. The summed E-state index contributed by atoms with van der Waals surface area (Å²) in [6, 6.07) is 3.61. The van der Waals surface area contributed by atoms with Crippen LogP contribution in [0.15, 0.2) is 29.2 Å². The maximum Gasteiger partial charge on any atom is 0.446 e. The van der Waals surface area contributed by atoms with E-state index < -0.39 is 22.6 Å². The molecule has 3 nitrogen and oxygen atoms in total. The molecule has 0 aliphatic heterocycles. The average Bonchev–Trinajstić information content (AvgIpc) is 2.33. The molecule has 0 saturated carbocycles. The van der Waals surface area contributed by atoms with Crippen molar-refractivity contribution in [2.75, 3.05) is 0 Å². The predicted octanol–water partition coefficient (Wildman–Crippen LogP) is 4.27. The number of hydrogen-bond donors (Lipinski definition) is 1. The number of Topliss-reactive ketones (excluding diaryl/α,β-unsaturated/α-hetero) is 1. The van der Waals surface area contributed by atoms with E-state index in [-0.39, 0.29) is 27.8 Å². The van der Waals surface area contributed by atoms with Gasteiger partial charge in [0.15, 0.2) is 5.78 Å².